The van der Waals surface area contributed by atoms with Crippen LogP contribution in [0.4, 0.5) is 5.82 Å². The molecule has 3 rings (SSSR count). The maximum absolute atomic E-state index is 5.45. The fraction of sp³-hybridized carbons (Fsp3) is 0.545. The molecule has 0 saturated carbocycles. The van der Waals surface area contributed by atoms with Gasteiger partial charge in [-0.2, -0.15) is 0 Å². The minimum atomic E-state index is 0.588. The van der Waals surface area contributed by atoms with Crippen LogP contribution in [-0.2, 0) is 11.3 Å². The zero-order chi connectivity index (χ0) is 11.7. The van der Waals surface area contributed by atoms with E-state index in [2.05, 4.69) is 26.8 Å². The van der Waals surface area contributed by atoms with Crippen molar-refractivity contribution in [3.63, 3.8) is 0 Å². The van der Waals surface area contributed by atoms with Gasteiger partial charge < -0.3 is 14.2 Å². The second-order valence-electron chi connectivity index (χ2n) is 4.05. The Balaban J connectivity index is 2.06. The highest BCUT2D eigenvalue weighted by atomic mass is 16.5. The summed E-state index contributed by atoms with van der Waals surface area (Å²) in [5.41, 5.74) is 1.75. The Morgan fingerprint density at radius 3 is 3.06 bits per heavy atom. The molecule has 0 N–H and O–H groups in total. The van der Waals surface area contributed by atoms with E-state index < -0.39 is 0 Å². The van der Waals surface area contributed by atoms with E-state index >= 15 is 0 Å². The Hall–Kier alpha value is -1.69. The number of fused-ring (bicyclic) bond motifs is 1. The number of ether oxygens (including phenoxy) is 1. The van der Waals surface area contributed by atoms with Crippen LogP contribution in [0.5, 0.6) is 0 Å². The van der Waals surface area contributed by atoms with E-state index in [1.807, 2.05) is 10.9 Å². The summed E-state index contributed by atoms with van der Waals surface area (Å²) in [6.07, 6.45) is 4.44. The summed E-state index contributed by atoms with van der Waals surface area (Å²) in [6.45, 7) is 5.32. The van der Waals surface area contributed by atoms with Crippen LogP contribution in [0.15, 0.2) is 12.7 Å². The molecule has 0 bridgehead atoms. The molecule has 1 fully saturated rings. The van der Waals surface area contributed by atoms with E-state index in [4.69, 9.17) is 4.74 Å². The number of rotatable bonds is 2. The average Bonchev–Trinajstić information content (AvgIpc) is 2.82. The zero-order valence-corrected chi connectivity index (χ0v) is 9.83. The van der Waals surface area contributed by atoms with Crippen LogP contribution in [-0.4, -0.2) is 39.4 Å². The lowest BCUT2D eigenvalue weighted by molar-refractivity contribution is 0.107. The molecule has 1 saturated heterocycles. The highest BCUT2D eigenvalue weighted by molar-refractivity contribution is 5.83. The number of imidazole rings is 1. The maximum atomic E-state index is 5.45. The van der Waals surface area contributed by atoms with Crippen LogP contribution in [0.3, 0.4) is 0 Å². The van der Waals surface area contributed by atoms with Gasteiger partial charge in [0.1, 0.15) is 13.1 Å². The van der Waals surface area contributed by atoms with Gasteiger partial charge in [0.05, 0.1) is 12.9 Å². The average molecular weight is 233 g/mol. The van der Waals surface area contributed by atoms with E-state index in [9.17, 15) is 0 Å². The third kappa shape index (κ3) is 1.74. The van der Waals surface area contributed by atoms with Gasteiger partial charge in [-0.05, 0) is 13.3 Å². The second kappa shape index (κ2) is 4.29. The Labute approximate surface area is 99.2 Å². The molecule has 0 amide bonds. The first-order chi connectivity index (χ1) is 8.40. The number of anilines is 1. The molecule has 0 aliphatic carbocycles. The first kappa shape index (κ1) is 10.5. The van der Waals surface area contributed by atoms with Crippen molar-refractivity contribution in [2.24, 2.45) is 0 Å². The summed E-state index contributed by atoms with van der Waals surface area (Å²) < 4.78 is 7.47. The molecule has 2 aromatic heterocycles. The lowest BCUT2D eigenvalue weighted by atomic mass is 10.3. The summed E-state index contributed by atoms with van der Waals surface area (Å²) in [5, 5.41) is 0. The van der Waals surface area contributed by atoms with Gasteiger partial charge in [-0.15, -0.1) is 0 Å². The third-order valence-electron chi connectivity index (χ3n) is 2.99. The number of nitrogens with zero attached hydrogens (tertiary/aromatic N) is 5. The first-order valence-electron chi connectivity index (χ1n) is 5.88. The number of aryl methyl sites for hydroxylation is 1. The molecule has 3 heterocycles. The van der Waals surface area contributed by atoms with Gasteiger partial charge in [-0.25, -0.2) is 15.0 Å². The molecule has 1 aliphatic heterocycles. The van der Waals surface area contributed by atoms with E-state index in [1.165, 1.54) is 0 Å². The fourth-order valence-corrected chi connectivity index (χ4v) is 2.09. The number of hydrogen-bond donors (Lipinski definition) is 0. The van der Waals surface area contributed by atoms with Crippen molar-refractivity contribution >= 4 is 17.0 Å². The van der Waals surface area contributed by atoms with Gasteiger partial charge in [-0.3, -0.25) is 0 Å². The van der Waals surface area contributed by atoms with E-state index in [0.717, 1.165) is 43.1 Å². The molecular weight excluding hydrogens is 218 g/mol. The minimum absolute atomic E-state index is 0.588. The van der Waals surface area contributed by atoms with Gasteiger partial charge in [0.25, 0.3) is 0 Å². The SMILES string of the molecule is CCn1cnc2c(N3CCCOC3)ncnc21. The highest BCUT2D eigenvalue weighted by Gasteiger charge is 2.17. The van der Waals surface area contributed by atoms with Crippen LogP contribution < -0.4 is 4.90 Å². The predicted molar refractivity (Wildman–Crippen MR) is 63.8 cm³/mol. The van der Waals surface area contributed by atoms with Crippen molar-refractivity contribution in [1.29, 1.82) is 0 Å². The second-order valence-corrected chi connectivity index (χ2v) is 4.05. The molecule has 0 unspecified atom stereocenters. The van der Waals surface area contributed by atoms with Crippen molar-refractivity contribution in [2.75, 3.05) is 24.8 Å². The molecule has 0 spiro atoms. The van der Waals surface area contributed by atoms with Crippen LogP contribution in [0.1, 0.15) is 13.3 Å². The molecule has 0 aromatic carbocycles. The van der Waals surface area contributed by atoms with Crippen molar-refractivity contribution in [1.82, 2.24) is 19.5 Å². The molecule has 0 radical (unpaired) electrons. The standard InChI is InChI=1S/C11H15N5O/c1-2-15-7-14-9-10(15)12-6-13-11(9)16-4-3-5-17-8-16/h6-7H,2-5,8H2,1H3. The normalized spacial score (nSPS) is 16.6. The Bertz CT molecular complexity index is 518. The highest BCUT2D eigenvalue weighted by Crippen LogP contribution is 2.22. The molecule has 1 aliphatic rings. The van der Waals surface area contributed by atoms with Gasteiger partial charge in [0.2, 0.25) is 0 Å². The van der Waals surface area contributed by atoms with Gasteiger partial charge in [0.15, 0.2) is 17.0 Å². The Kier molecular flexibility index (Phi) is 2.64. The monoisotopic (exact) mass is 233 g/mol. The van der Waals surface area contributed by atoms with Crippen LogP contribution >= 0.6 is 0 Å². The molecule has 6 heteroatoms. The van der Waals surface area contributed by atoms with E-state index in [0.29, 0.717) is 6.73 Å². The Morgan fingerprint density at radius 2 is 2.29 bits per heavy atom. The first-order valence-corrected chi connectivity index (χ1v) is 5.88. The van der Waals surface area contributed by atoms with E-state index in [-0.39, 0.29) is 0 Å². The van der Waals surface area contributed by atoms with Crippen molar-refractivity contribution in [3.05, 3.63) is 12.7 Å². The minimum Gasteiger partial charge on any atom is -0.361 e. The largest absolute Gasteiger partial charge is 0.361 e. The smallest absolute Gasteiger partial charge is 0.165 e. The predicted octanol–water partition coefficient (Wildman–Crippen LogP) is 1.03. The molecule has 90 valence electrons. The summed E-state index contributed by atoms with van der Waals surface area (Å²) in [4.78, 5) is 15.1. The Morgan fingerprint density at radius 1 is 1.35 bits per heavy atom. The van der Waals surface area contributed by atoms with Gasteiger partial charge in [0, 0.05) is 13.1 Å². The fourth-order valence-electron chi connectivity index (χ4n) is 2.09. The molecule has 17 heavy (non-hydrogen) atoms. The van der Waals surface area contributed by atoms with Crippen LogP contribution in [0, 0.1) is 0 Å². The summed E-state index contributed by atoms with van der Waals surface area (Å²) >= 11 is 0. The number of aromatic nitrogens is 4. The molecular formula is C11H15N5O. The van der Waals surface area contributed by atoms with E-state index in [1.54, 1.807) is 6.33 Å². The lowest BCUT2D eigenvalue weighted by Crippen LogP contribution is -2.33. The summed E-state index contributed by atoms with van der Waals surface area (Å²) in [7, 11) is 0. The third-order valence-corrected chi connectivity index (χ3v) is 2.99. The van der Waals surface area contributed by atoms with Crippen LogP contribution in [0.25, 0.3) is 11.2 Å². The van der Waals surface area contributed by atoms with Crippen LogP contribution in [0.2, 0.25) is 0 Å². The topological polar surface area (TPSA) is 56.1 Å². The molecule has 6 nitrogen and oxygen atoms in total. The number of hydrogen-bond acceptors (Lipinski definition) is 5. The molecule has 2 aromatic rings. The summed E-state index contributed by atoms with van der Waals surface area (Å²) in [5.74, 6) is 0.877. The lowest BCUT2D eigenvalue weighted by Gasteiger charge is -2.27. The van der Waals surface area contributed by atoms with Crippen molar-refractivity contribution in [2.45, 2.75) is 19.9 Å². The maximum Gasteiger partial charge on any atom is 0.165 e. The van der Waals surface area contributed by atoms with Crippen molar-refractivity contribution in [3.8, 4) is 0 Å². The summed E-state index contributed by atoms with van der Waals surface area (Å²) in [6, 6.07) is 0. The van der Waals surface area contributed by atoms with Gasteiger partial charge >= 0.3 is 0 Å². The molecule has 0 atom stereocenters. The quantitative estimate of drug-likeness (QED) is 0.775. The van der Waals surface area contributed by atoms with Gasteiger partial charge in [-0.1, -0.05) is 0 Å². The zero-order valence-electron chi connectivity index (χ0n) is 9.83. The van der Waals surface area contributed by atoms with Crippen molar-refractivity contribution < 1.29 is 4.74 Å².